The van der Waals surface area contributed by atoms with Crippen LogP contribution in [0, 0.1) is 44.7 Å². The van der Waals surface area contributed by atoms with E-state index < -0.39 is 0 Å². The van der Waals surface area contributed by atoms with Crippen LogP contribution in [-0.4, -0.2) is 0 Å². The van der Waals surface area contributed by atoms with Crippen molar-refractivity contribution in [3.63, 3.8) is 0 Å². The Labute approximate surface area is 94.6 Å². The molecule has 0 nitrogen and oxygen atoms in total. The van der Waals surface area contributed by atoms with E-state index in [0.717, 1.165) is 0 Å². The number of hydrogen-bond donors (Lipinski definition) is 0. The SMILES string of the molecule is [Ar].[CH2-]/C=C\C.[Y]. The zero-order chi connectivity index (χ0) is 3.41. The fourth-order valence-corrected chi connectivity index (χ4v) is 0. The van der Waals surface area contributed by atoms with Crippen LogP contribution < -0.4 is 0 Å². The van der Waals surface area contributed by atoms with Crippen molar-refractivity contribution < 1.29 is 70.4 Å². The molecule has 0 atom stereocenters. The molecule has 0 N–H and O–H groups in total. The largest absolute Gasteiger partial charge is 0.245 e. The zero-order valence-electron chi connectivity index (χ0n) is 3.79. The first-order valence-electron chi connectivity index (χ1n) is 1.32. The Morgan fingerprint density at radius 1 is 1.50 bits per heavy atom. The summed E-state index contributed by atoms with van der Waals surface area (Å²) in [5.41, 5.74) is 0. The zero-order valence-corrected chi connectivity index (χ0v) is 7.34. The first-order chi connectivity index (χ1) is 1.91. The minimum absolute atomic E-state index is 0. The molecule has 0 aromatic rings. The van der Waals surface area contributed by atoms with E-state index in [2.05, 4.69) is 6.92 Å². The van der Waals surface area contributed by atoms with Crippen molar-refractivity contribution in [2.75, 3.05) is 0 Å². The maximum absolute atomic E-state index is 3.42. The summed E-state index contributed by atoms with van der Waals surface area (Å²) in [4.78, 5) is 0. The van der Waals surface area contributed by atoms with E-state index in [9.17, 15) is 0 Å². The average Bonchev–Trinajstić information content (AvgIpc) is 1.37. The Hall–Kier alpha value is 1.97. The molecule has 0 aromatic heterocycles. The van der Waals surface area contributed by atoms with Crippen LogP contribution in [0.2, 0.25) is 0 Å². The van der Waals surface area contributed by atoms with E-state index in [1.807, 2.05) is 13.0 Å². The van der Waals surface area contributed by atoms with Crippen LogP contribution in [0.4, 0.5) is 0 Å². The van der Waals surface area contributed by atoms with Crippen LogP contribution in [-0.2, 0) is 32.7 Å². The topological polar surface area (TPSA) is 0 Å². The summed E-state index contributed by atoms with van der Waals surface area (Å²) in [6.45, 7) is 5.36. The Balaban J connectivity index is -0.0000000450. The Morgan fingerprint density at radius 3 is 1.67 bits per heavy atom. The molecule has 2 heteroatoms. The Morgan fingerprint density at radius 2 is 1.67 bits per heavy atom. The van der Waals surface area contributed by atoms with E-state index in [1.165, 1.54) is 0 Å². The van der Waals surface area contributed by atoms with Gasteiger partial charge in [0.2, 0.25) is 0 Å². The van der Waals surface area contributed by atoms with E-state index in [4.69, 9.17) is 0 Å². The van der Waals surface area contributed by atoms with Gasteiger partial charge in [-0.2, -0.15) is 0 Å². The van der Waals surface area contributed by atoms with Gasteiger partial charge in [0.25, 0.3) is 0 Å². The molecule has 6 heavy (non-hydrogen) atoms. The number of hydrogen-bond acceptors (Lipinski definition) is 0. The van der Waals surface area contributed by atoms with Crippen molar-refractivity contribution in [3.8, 4) is 0 Å². The van der Waals surface area contributed by atoms with Gasteiger partial charge in [-0.25, -0.2) is 19.1 Å². The molecule has 1 radical (unpaired) electrons. The van der Waals surface area contributed by atoms with Gasteiger partial charge in [0.1, 0.15) is 0 Å². The minimum atomic E-state index is 0. The van der Waals surface area contributed by atoms with Gasteiger partial charge in [-0.1, -0.05) is 0 Å². The molecular weight excluding hydrogens is 177 g/mol. The predicted molar refractivity (Wildman–Crippen MR) is 20.2 cm³/mol. The summed E-state index contributed by atoms with van der Waals surface area (Å²) in [5.74, 6) is 0. The van der Waals surface area contributed by atoms with Crippen LogP contribution in [0.3, 0.4) is 0 Å². The van der Waals surface area contributed by atoms with E-state index in [-0.39, 0.29) is 70.4 Å². The quantitative estimate of drug-likeness (QED) is 0.499. The first kappa shape index (κ1) is 15.7. The maximum atomic E-state index is 3.42. The van der Waals surface area contributed by atoms with Crippen molar-refractivity contribution in [3.05, 3.63) is 19.1 Å². The molecule has 0 aliphatic carbocycles. The van der Waals surface area contributed by atoms with Gasteiger partial charge < -0.3 is 0 Å². The van der Waals surface area contributed by atoms with Crippen molar-refractivity contribution >= 4 is 0 Å². The third kappa shape index (κ3) is 16.7. The number of allylic oxidation sites excluding steroid dienone is 2. The maximum Gasteiger partial charge on any atom is 0 e. The summed E-state index contributed by atoms with van der Waals surface area (Å²) < 4.78 is 0. The third-order valence-corrected chi connectivity index (χ3v) is 0.236. The molecule has 0 saturated heterocycles. The van der Waals surface area contributed by atoms with Crippen LogP contribution in [0.5, 0.6) is 0 Å². The smallest absolute Gasteiger partial charge is 0 e. The second kappa shape index (κ2) is 15.8. The molecule has 0 unspecified atom stereocenters. The summed E-state index contributed by atoms with van der Waals surface area (Å²) in [6.07, 6.45) is 3.64. The van der Waals surface area contributed by atoms with Crippen LogP contribution in [0.1, 0.15) is 6.92 Å². The van der Waals surface area contributed by atoms with Gasteiger partial charge in [0.05, 0.1) is 0 Å². The number of rotatable bonds is 0. The summed E-state index contributed by atoms with van der Waals surface area (Å²) in [6, 6.07) is 0. The van der Waals surface area contributed by atoms with Crippen LogP contribution in [0.25, 0.3) is 0 Å². The molecule has 0 saturated carbocycles. The minimum Gasteiger partial charge on any atom is -0.245 e. The van der Waals surface area contributed by atoms with E-state index in [0.29, 0.717) is 0 Å². The molecule has 0 aliphatic heterocycles. The summed E-state index contributed by atoms with van der Waals surface area (Å²) >= 11 is 0. The van der Waals surface area contributed by atoms with Crippen molar-refractivity contribution in [1.29, 1.82) is 0 Å². The van der Waals surface area contributed by atoms with Gasteiger partial charge >= 0.3 is 0 Å². The molecule has 0 heterocycles. The molecule has 0 bridgehead atoms. The van der Waals surface area contributed by atoms with E-state index in [1.54, 1.807) is 6.08 Å². The fourth-order valence-electron chi connectivity index (χ4n) is 0. The Bertz CT molecular complexity index is 22.7. The van der Waals surface area contributed by atoms with Crippen molar-refractivity contribution in [2.45, 2.75) is 6.92 Å². The average molecular weight is 184 g/mol. The second-order valence-corrected chi connectivity index (χ2v) is 0.569. The van der Waals surface area contributed by atoms with Crippen molar-refractivity contribution in [1.82, 2.24) is 0 Å². The molecule has 35 valence electrons. The van der Waals surface area contributed by atoms with Gasteiger partial charge in [-0.15, -0.1) is 6.92 Å². The monoisotopic (exact) mass is 184 g/mol. The van der Waals surface area contributed by atoms with Crippen LogP contribution in [0.15, 0.2) is 12.2 Å². The molecule has 0 amide bonds. The summed E-state index contributed by atoms with van der Waals surface area (Å²) in [5, 5.41) is 0. The third-order valence-electron chi connectivity index (χ3n) is 0.236. The van der Waals surface area contributed by atoms with Gasteiger partial charge in [-0.05, 0) is 0 Å². The first-order valence-corrected chi connectivity index (χ1v) is 1.32. The van der Waals surface area contributed by atoms with Crippen LogP contribution >= 0.6 is 0 Å². The summed E-state index contributed by atoms with van der Waals surface area (Å²) in [7, 11) is 0. The normalized spacial score (nSPS) is 6.17. The van der Waals surface area contributed by atoms with E-state index >= 15 is 0 Å². The molecule has 0 fully saturated rings. The fraction of sp³-hybridized carbons (Fsp3) is 0.250. The standard InChI is InChI=1S/C4H7.Ar.Y/c1-3-4-2;;/h3-4H,1H2,2H3;;/q-1;;/b4-3-;;. The molecular formula is C4H7ArY-. The van der Waals surface area contributed by atoms with Gasteiger partial charge in [0, 0.05) is 70.4 Å². The predicted octanol–water partition coefficient (Wildman–Crippen LogP) is 1.39. The van der Waals surface area contributed by atoms with Gasteiger partial charge in [-0.3, -0.25) is 0 Å². The van der Waals surface area contributed by atoms with Gasteiger partial charge in [0.15, 0.2) is 0 Å². The molecule has 0 rings (SSSR count). The molecule has 0 aliphatic rings. The second-order valence-electron chi connectivity index (χ2n) is 0.569. The van der Waals surface area contributed by atoms with Crippen molar-refractivity contribution in [2.24, 2.45) is 0 Å². The Kier molecular flexibility index (Phi) is 41.2. The molecule has 0 aromatic carbocycles. The molecule has 0 spiro atoms.